The summed E-state index contributed by atoms with van der Waals surface area (Å²) in [7, 11) is 1.25. The molecule has 4 atom stereocenters. The highest BCUT2D eigenvalue weighted by Gasteiger charge is 2.55. The molecule has 1 aliphatic rings. The third kappa shape index (κ3) is 3.44. The summed E-state index contributed by atoms with van der Waals surface area (Å²) in [5.74, 6) is -5.86. The van der Waals surface area contributed by atoms with Gasteiger partial charge in [-0.25, -0.2) is 4.79 Å². The maximum atomic E-state index is 12.7. The maximum absolute atomic E-state index is 12.7. The van der Waals surface area contributed by atoms with Gasteiger partial charge in [0.1, 0.15) is 11.8 Å². The summed E-state index contributed by atoms with van der Waals surface area (Å²) in [5, 5.41) is 23.6. The lowest BCUT2D eigenvalue weighted by atomic mass is 9.67. The van der Waals surface area contributed by atoms with Crippen LogP contribution in [0.15, 0.2) is 54.6 Å². The van der Waals surface area contributed by atoms with Gasteiger partial charge in [-0.05, 0) is 17.7 Å². The molecule has 1 aliphatic heterocycles. The molecule has 29 heavy (non-hydrogen) atoms. The Morgan fingerprint density at radius 2 is 1.79 bits per heavy atom. The number of rotatable bonds is 4. The van der Waals surface area contributed by atoms with Crippen molar-refractivity contribution in [1.29, 1.82) is 5.26 Å². The molecule has 3 rings (SSSR count). The quantitative estimate of drug-likeness (QED) is 0.517. The average Bonchev–Trinajstić information content (AvgIpc) is 2.73. The monoisotopic (exact) mass is 393 g/mol. The van der Waals surface area contributed by atoms with Crippen molar-refractivity contribution >= 4 is 17.8 Å². The Morgan fingerprint density at radius 3 is 2.31 bits per heavy atom. The van der Waals surface area contributed by atoms with Gasteiger partial charge in [-0.3, -0.25) is 9.59 Å². The van der Waals surface area contributed by atoms with Gasteiger partial charge >= 0.3 is 5.97 Å². The number of carbonyl (C=O) groups is 3. The molecule has 0 unspecified atom stereocenters. The normalized spacial score (nSPS) is 26.1. The standard InChI is InChI=1S/C21H19N3O5/c1-29-20(27)13-9-7-12(8-10-13)16-15(11-22)21(28,14-5-3-2-4-6-14)24-19(26)17(16)18(23)25/h2-10,15-17,28H,1H3,(H2,23,25)(H,24,26)/t15-,16-,17+,21+/m0/s1. The number of benzene rings is 2. The highest BCUT2D eigenvalue weighted by Crippen LogP contribution is 2.45. The summed E-state index contributed by atoms with van der Waals surface area (Å²) in [4.78, 5) is 36.5. The number of nitriles is 1. The zero-order valence-corrected chi connectivity index (χ0v) is 15.5. The number of primary amides is 1. The zero-order chi connectivity index (χ0) is 21.2. The lowest BCUT2D eigenvalue weighted by Crippen LogP contribution is -2.62. The number of aliphatic hydroxyl groups is 1. The number of hydrogen-bond donors (Lipinski definition) is 3. The molecule has 8 heteroatoms. The zero-order valence-electron chi connectivity index (χ0n) is 15.5. The van der Waals surface area contributed by atoms with Crippen molar-refractivity contribution in [3.63, 3.8) is 0 Å². The summed E-state index contributed by atoms with van der Waals surface area (Å²) in [6.07, 6.45) is 0. The van der Waals surface area contributed by atoms with E-state index in [1.54, 1.807) is 30.3 Å². The van der Waals surface area contributed by atoms with Crippen molar-refractivity contribution in [2.24, 2.45) is 17.6 Å². The van der Waals surface area contributed by atoms with E-state index in [0.29, 0.717) is 11.1 Å². The Labute approximate surface area is 166 Å². The largest absolute Gasteiger partial charge is 0.465 e. The highest BCUT2D eigenvalue weighted by molar-refractivity contribution is 6.02. The number of methoxy groups -OCH3 is 1. The van der Waals surface area contributed by atoms with E-state index in [2.05, 4.69) is 10.1 Å². The first-order valence-corrected chi connectivity index (χ1v) is 8.80. The molecular formula is C21H19N3O5. The van der Waals surface area contributed by atoms with Crippen molar-refractivity contribution in [1.82, 2.24) is 5.32 Å². The van der Waals surface area contributed by atoms with Gasteiger partial charge in [0.25, 0.3) is 0 Å². The van der Waals surface area contributed by atoms with Gasteiger partial charge < -0.3 is 20.9 Å². The van der Waals surface area contributed by atoms with Crippen molar-refractivity contribution in [3.05, 3.63) is 71.3 Å². The molecule has 0 radical (unpaired) electrons. The number of amides is 2. The van der Waals surface area contributed by atoms with E-state index in [9.17, 15) is 24.8 Å². The van der Waals surface area contributed by atoms with Crippen LogP contribution in [0.2, 0.25) is 0 Å². The van der Waals surface area contributed by atoms with Gasteiger partial charge in [-0.1, -0.05) is 42.5 Å². The van der Waals surface area contributed by atoms with E-state index in [-0.39, 0.29) is 5.56 Å². The second-order valence-electron chi connectivity index (χ2n) is 6.75. The number of ether oxygens (including phenoxy) is 1. The van der Waals surface area contributed by atoms with E-state index in [4.69, 9.17) is 5.73 Å². The second-order valence-corrected chi connectivity index (χ2v) is 6.75. The molecule has 148 valence electrons. The summed E-state index contributed by atoms with van der Waals surface area (Å²) < 4.78 is 4.66. The summed E-state index contributed by atoms with van der Waals surface area (Å²) >= 11 is 0. The summed E-state index contributed by atoms with van der Waals surface area (Å²) in [5.41, 5.74) is 4.42. The second kappa shape index (κ2) is 7.73. The number of hydrogen-bond acceptors (Lipinski definition) is 6. The van der Waals surface area contributed by atoms with Crippen LogP contribution in [0.3, 0.4) is 0 Å². The SMILES string of the molecule is COC(=O)c1ccc([C@@H]2[C@H](C(N)=O)C(=O)N[C@@](O)(c3ccccc3)[C@H]2C#N)cc1. The van der Waals surface area contributed by atoms with E-state index < -0.39 is 41.3 Å². The Hall–Kier alpha value is -3.70. The van der Waals surface area contributed by atoms with Gasteiger partial charge in [0.2, 0.25) is 11.8 Å². The van der Waals surface area contributed by atoms with Gasteiger partial charge in [-0.15, -0.1) is 0 Å². The molecule has 2 amide bonds. The molecule has 8 nitrogen and oxygen atoms in total. The van der Waals surface area contributed by atoms with Crippen molar-refractivity contribution in [2.75, 3.05) is 7.11 Å². The van der Waals surface area contributed by atoms with Crippen LogP contribution in [0.25, 0.3) is 0 Å². The summed E-state index contributed by atoms with van der Waals surface area (Å²) in [6.45, 7) is 0. The van der Waals surface area contributed by atoms with Crippen molar-refractivity contribution in [2.45, 2.75) is 11.6 Å². The predicted octanol–water partition coefficient (Wildman–Crippen LogP) is 0.773. The Balaban J connectivity index is 2.14. The molecule has 0 spiro atoms. The number of nitrogens with one attached hydrogen (secondary N) is 1. The van der Waals surface area contributed by atoms with Crippen molar-refractivity contribution in [3.8, 4) is 6.07 Å². The minimum absolute atomic E-state index is 0.263. The molecule has 1 saturated heterocycles. The molecule has 4 N–H and O–H groups in total. The Bertz CT molecular complexity index is 984. The van der Waals surface area contributed by atoms with E-state index in [0.717, 1.165) is 0 Å². The Morgan fingerprint density at radius 1 is 1.17 bits per heavy atom. The van der Waals surface area contributed by atoms with E-state index in [1.807, 2.05) is 6.07 Å². The number of piperidine rings is 1. The van der Waals surface area contributed by atoms with E-state index >= 15 is 0 Å². The van der Waals surface area contributed by atoms with Crippen molar-refractivity contribution < 1.29 is 24.2 Å². The molecular weight excluding hydrogens is 374 g/mol. The molecule has 1 heterocycles. The fraction of sp³-hybridized carbons (Fsp3) is 0.238. The number of carbonyl (C=O) groups excluding carboxylic acids is 3. The van der Waals surface area contributed by atoms with Crippen LogP contribution in [-0.4, -0.2) is 30.0 Å². The van der Waals surface area contributed by atoms with Gasteiger partial charge in [-0.2, -0.15) is 5.26 Å². The van der Waals surface area contributed by atoms with Crippen LogP contribution in [0.5, 0.6) is 0 Å². The lowest BCUT2D eigenvalue weighted by molar-refractivity contribution is -0.153. The molecule has 1 fully saturated rings. The third-order valence-corrected chi connectivity index (χ3v) is 5.14. The first kappa shape index (κ1) is 20.0. The summed E-state index contributed by atoms with van der Waals surface area (Å²) in [6, 6.07) is 16.2. The molecule has 2 aromatic carbocycles. The molecule has 0 bridgehead atoms. The number of nitrogens with two attached hydrogens (primary N) is 1. The van der Waals surface area contributed by atoms with Crippen LogP contribution >= 0.6 is 0 Å². The smallest absolute Gasteiger partial charge is 0.337 e. The number of nitrogens with zero attached hydrogens (tertiary/aromatic N) is 1. The van der Waals surface area contributed by atoms with Gasteiger partial charge in [0.15, 0.2) is 5.72 Å². The molecule has 0 saturated carbocycles. The number of esters is 1. The lowest BCUT2D eigenvalue weighted by Gasteiger charge is -2.44. The van der Waals surface area contributed by atoms with Gasteiger partial charge in [0, 0.05) is 11.5 Å². The first-order valence-electron chi connectivity index (χ1n) is 8.80. The van der Waals surface area contributed by atoms with Crippen LogP contribution in [-0.2, 0) is 20.1 Å². The molecule has 0 aromatic heterocycles. The average molecular weight is 393 g/mol. The van der Waals surface area contributed by atoms with E-state index in [1.165, 1.54) is 31.4 Å². The topological polar surface area (TPSA) is 143 Å². The fourth-order valence-electron chi connectivity index (χ4n) is 3.73. The predicted molar refractivity (Wildman–Crippen MR) is 101 cm³/mol. The molecule has 2 aromatic rings. The first-order chi connectivity index (χ1) is 13.8. The molecule has 0 aliphatic carbocycles. The third-order valence-electron chi connectivity index (χ3n) is 5.14. The van der Waals surface area contributed by atoms with Crippen LogP contribution in [0.4, 0.5) is 0 Å². The van der Waals surface area contributed by atoms with Crippen LogP contribution in [0, 0.1) is 23.2 Å². The fourth-order valence-corrected chi connectivity index (χ4v) is 3.73. The minimum atomic E-state index is -2.02. The van der Waals surface area contributed by atoms with Crippen LogP contribution in [0.1, 0.15) is 27.4 Å². The minimum Gasteiger partial charge on any atom is -0.465 e. The Kier molecular flexibility index (Phi) is 5.35. The van der Waals surface area contributed by atoms with Gasteiger partial charge in [0.05, 0.1) is 18.7 Å². The highest BCUT2D eigenvalue weighted by atomic mass is 16.5. The maximum Gasteiger partial charge on any atom is 0.337 e. The van der Waals surface area contributed by atoms with Crippen LogP contribution < -0.4 is 11.1 Å².